The number of nitrogens with zero attached hydrogens (tertiary/aromatic N) is 1. The van der Waals surface area contributed by atoms with Crippen LogP contribution in [0.15, 0.2) is 24.3 Å². The van der Waals surface area contributed by atoms with Crippen LogP contribution >= 0.6 is 0 Å². The van der Waals surface area contributed by atoms with Crippen molar-refractivity contribution in [3.05, 3.63) is 41.1 Å². The van der Waals surface area contributed by atoms with Crippen molar-refractivity contribution in [3.8, 4) is 0 Å². The van der Waals surface area contributed by atoms with Gasteiger partial charge in [-0.3, -0.25) is 9.78 Å². The van der Waals surface area contributed by atoms with Gasteiger partial charge in [-0.1, -0.05) is 18.2 Å². The van der Waals surface area contributed by atoms with Crippen molar-refractivity contribution >= 4 is 22.8 Å². The van der Waals surface area contributed by atoms with Crippen LogP contribution in [0.25, 0.3) is 10.9 Å². The van der Waals surface area contributed by atoms with E-state index < -0.39 is 5.97 Å². The molecule has 1 aliphatic rings. The number of ether oxygens (including phenoxy) is 1. The Morgan fingerprint density at radius 3 is 2.64 bits per heavy atom. The van der Waals surface area contributed by atoms with Gasteiger partial charge in [0, 0.05) is 16.6 Å². The fourth-order valence-corrected chi connectivity index (χ4v) is 3.26. The first-order valence-corrected chi connectivity index (χ1v) is 8.74. The number of pyridine rings is 1. The second kappa shape index (κ2) is 6.82. The maximum Gasteiger partial charge on any atom is 0.339 e. The SMILES string of the molecule is CC(C)(C)NC(=O)COC(=O)c1c2c(nc3ccccc13)CCCC2. The van der Waals surface area contributed by atoms with Gasteiger partial charge in [0.1, 0.15) is 0 Å². The summed E-state index contributed by atoms with van der Waals surface area (Å²) in [6.07, 6.45) is 3.83. The quantitative estimate of drug-likeness (QED) is 0.871. The van der Waals surface area contributed by atoms with Gasteiger partial charge >= 0.3 is 5.97 Å². The molecule has 0 radical (unpaired) electrons. The summed E-state index contributed by atoms with van der Waals surface area (Å²) in [7, 11) is 0. The summed E-state index contributed by atoms with van der Waals surface area (Å²) >= 11 is 0. The first-order valence-electron chi connectivity index (χ1n) is 8.74. The van der Waals surface area contributed by atoms with E-state index in [2.05, 4.69) is 5.32 Å². The third kappa shape index (κ3) is 3.98. The lowest BCUT2D eigenvalue weighted by molar-refractivity contribution is -0.125. The number of aryl methyl sites for hydroxylation is 1. The Labute approximate surface area is 147 Å². The second-order valence-corrected chi connectivity index (χ2v) is 7.51. The van der Waals surface area contributed by atoms with Crippen molar-refractivity contribution in [3.63, 3.8) is 0 Å². The van der Waals surface area contributed by atoms with Crippen LogP contribution in [0.3, 0.4) is 0 Å². The molecule has 0 atom stereocenters. The standard InChI is InChI=1S/C20H24N2O3/c1-20(2,3)22-17(23)12-25-19(24)18-13-8-4-6-10-15(13)21-16-11-7-5-9-14(16)18/h4,6,8,10H,5,7,9,11-12H2,1-3H3,(H,22,23). The monoisotopic (exact) mass is 340 g/mol. The molecule has 1 aromatic carbocycles. The molecule has 1 aromatic heterocycles. The molecule has 1 heterocycles. The Morgan fingerprint density at radius 1 is 1.16 bits per heavy atom. The number of aromatic nitrogens is 1. The predicted octanol–water partition coefficient (Wildman–Crippen LogP) is 3.19. The van der Waals surface area contributed by atoms with Crippen molar-refractivity contribution < 1.29 is 14.3 Å². The van der Waals surface area contributed by atoms with Crippen LogP contribution in [0.5, 0.6) is 0 Å². The number of carbonyl (C=O) groups is 2. The average Bonchev–Trinajstić information content (AvgIpc) is 2.56. The predicted molar refractivity (Wildman–Crippen MR) is 96.6 cm³/mol. The Bertz CT molecular complexity index is 822. The minimum absolute atomic E-state index is 0.276. The molecule has 0 aliphatic heterocycles. The fourth-order valence-electron chi connectivity index (χ4n) is 3.26. The van der Waals surface area contributed by atoms with Crippen LogP contribution in [0.4, 0.5) is 0 Å². The zero-order chi connectivity index (χ0) is 18.0. The molecule has 132 valence electrons. The van der Waals surface area contributed by atoms with Crippen LogP contribution in [0, 0.1) is 0 Å². The number of benzene rings is 1. The Morgan fingerprint density at radius 2 is 1.88 bits per heavy atom. The lowest BCUT2D eigenvalue weighted by Crippen LogP contribution is -2.42. The normalized spacial score (nSPS) is 14.0. The van der Waals surface area contributed by atoms with Gasteiger partial charge in [-0.25, -0.2) is 4.79 Å². The fraction of sp³-hybridized carbons (Fsp3) is 0.450. The zero-order valence-corrected chi connectivity index (χ0v) is 15.0. The maximum atomic E-state index is 12.8. The summed E-state index contributed by atoms with van der Waals surface area (Å²) in [6, 6.07) is 7.61. The number of para-hydroxylation sites is 1. The number of carbonyl (C=O) groups excluding carboxylic acids is 2. The molecule has 5 heteroatoms. The molecule has 0 saturated heterocycles. The Kier molecular flexibility index (Phi) is 4.75. The number of hydrogen-bond donors (Lipinski definition) is 1. The Hall–Kier alpha value is -2.43. The van der Waals surface area contributed by atoms with Crippen molar-refractivity contribution in [1.82, 2.24) is 10.3 Å². The van der Waals surface area contributed by atoms with E-state index in [0.717, 1.165) is 47.8 Å². The van der Waals surface area contributed by atoms with Gasteiger partial charge in [-0.15, -0.1) is 0 Å². The summed E-state index contributed by atoms with van der Waals surface area (Å²) in [5, 5.41) is 3.59. The van der Waals surface area contributed by atoms with E-state index in [-0.39, 0.29) is 18.1 Å². The van der Waals surface area contributed by atoms with Crippen LogP contribution < -0.4 is 5.32 Å². The van der Waals surface area contributed by atoms with Gasteiger partial charge < -0.3 is 10.1 Å². The van der Waals surface area contributed by atoms with Gasteiger partial charge in [-0.2, -0.15) is 0 Å². The minimum atomic E-state index is -0.444. The smallest absolute Gasteiger partial charge is 0.339 e. The number of hydrogen-bond acceptors (Lipinski definition) is 4. The molecule has 0 unspecified atom stereocenters. The van der Waals surface area contributed by atoms with Crippen molar-refractivity contribution in [2.45, 2.75) is 52.0 Å². The molecule has 1 amide bonds. The number of amides is 1. The number of nitrogens with one attached hydrogen (secondary N) is 1. The third-order valence-electron chi connectivity index (χ3n) is 4.22. The first kappa shape index (κ1) is 17.4. The molecule has 1 N–H and O–H groups in total. The summed E-state index contributed by atoms with van der Waals surface area (Å²) < 4.78 is 5.33. The van der Waals surface area contributed by atoms with Crippen LogP contribution in [0.2, 0.25) is 0 Å². The highest BCUT2D eigenvalue weighted by molar-refractivity contribution is 6.05. The largest absolute Gasteiger partial charge is 0.452 e. The van der Waals surface area contributed by atoms with E-state index >= 15 is 0 Å². The lowest BCUT2D eigenvalue weighted by Gasteiger charge is -2.21. The van der Waals surface area contributed by atoms with Crippen molar-refractivity contribution in [2.75, 3.05) is 6.61 Å². The van der Waals surface area contributed by atoms with Gasteiger partial charge in [0.05, 0.1) is 11.1 Å². The maximum absolute atomic E-state index is 12.8. The van der Waals surface area contributed by atoms with Crippen molar-refractivity contribution in [1.29, 1.82) is 0 Å². The molecule has 0 bridgehead atoms. The van der Waals surface area contributed by atoms with Gasteiger partial charge in [0.25, 0.3) is 5.91 Å². The van der Waals surface area contributed by atoms with Crippen molar-refractivity contribution in [2.24, 2.45) is 0 Å². The molecule has 25 heavy (non-hydrogen) atoms. The molecule has 0 spiro atoms. The Balaban J connectivity index is 1.89. The average molecular weight is 340 g/mol. The van der Waals surface area contributed by atoms with E-state index in [1.807, 2.05) is 45.0 Å². The van der Waals surface area contributed by atoms with E-state index in [9.17, 15) is 9.59 Å². The van der Waals surface area contributed by atoms with Gasteiger partial charge in [0.2, 0.25) is 0 Å². The van der Waals surface area contributed by atoms with E-state index in [4.69, 9.17) is 9.72 Å². The molecule has 2 aromatic rings. The number of rotatable bonds is 3. The molecule has 3 rings (SSSR count). The topological polar surface area (TPSA) is 68.3 Å². The third-order valence-corrected chi connectivity index (χ3v) is 4.22. The highest BCUT2D eigenvalue weighted by Crippen LogP contribution is 2.29. The van der Waals surface area contributed by atoms with Crippen LogP contribution in [0.1, 0.15) is 55.2 Å². The van der Waals surface area contributed by atoms with E-state index in [1.54, 1.807) is 0 Å². The molecule has 1 aliphatic carbocycles. The van der Waals surface area contributed by atoms with E-state index in [1.165, 1.54) is 0 Å². The lowest BCUT2D eigenvalue weighted by atomic mass is 9.90. The van der Waals surface area contributed by atoms with Gasteiger partial charge in [-0.05, 0) is 58.1 Å². The van der Waals surface area contributed by atoms with E-state index in [0.29, 0.717) is 5.56 Å². The van der Waals surface area contributed by atoms with Gasteiger partial charge in [0.15, 0.2) is 6.61 Å². The summed E-state index contributed by atoms with van der Waals surface area (Å²) in [4.78, 5) is 29.4. The zero-order valence-electron chi connectivity index (χ0n) is 15.0. The van der Waals surface area contributed by atoms with Crippen LogP contribution in [-0.4, -0.2) is 29.0 Å². The highest BCUT2D eigenvalue weighted by atomic mass is 16.5. The van der Waals surface area contributed by atoms with Crippen LogP contribution in [-0.2, 0) is 22.4 Å². The molecular weight excluding hydrogens is 316 g/mol. The molecule has 5 nitrogen and oxygen atoms in total. The summed E-state index contributed by atoms with van der Waals surface area (Å²) in [6.45, 7) is 5.39. The second-order valence-electron chi connectivity index (χ2n) is 7.51. The number of fused-ring (bicyclic) bond motifs is 2. The minimum Gasteiger partial charge on any atom is -0.452 e. The number of esters is 1. The molecule has 0 saturated carbocycles. The first-order chi connectivity index (χ1) is 11.8. The summed E-state index contributed by atoms with van der Waals surface area (Å²) in [5.41, 5.74) is 2.98. The summed E-state index contributed by atoms with van der Waals surface area (Å²) in [5.74, 6) is -0.742. The molecular formula is C20H24N2O3. The highest BCUT2D eigenvalue weighted by Gasteiger charge is 2.24. The molecule has 0 fully saturated rings.